The molecule has 1 N–H and O–H groups in total. The van der Waals surface area contributed by atoms with Crippen LogP contribution in [0, 0.1) is 13.8 Å². The second kappa shape index (κ2) is 15.4. The average molecular weight is 691 g/mol. The van der Waals surface area contributed by atoms with Gasteiger partial charge in [-0.05, 0) is 79.8 Å². The van der Waals surface area contributed by atoms with Crippen LogP contribution in [0.25, 0.3) is 0 Å². The Morgan fingerprint density at radius 3 is 2.13 bits per heavy atom. The van der Waals surface area contributed by atoms with E-state index in [4.69, 9.17) is 0 Å². The molecule has 0 aliphatic carbocycles. The predicted molar refractivity (Wildman–Crippen MR) is 183 cm³/mol. The fourth-order valence-corrected chi connectivity index (χ4v) is 6.99. The van der Waals surface area contributed by atoms with Crippen molar-refractivity contribution in [2.45, 2.75) is 64.1 Å². The maximum absolute atomic E-state index is 14.6. The van der Waals surface area contributed by atoms with Crippen LogP contribution in [0.3, 0.4) is 0 Å². The summed E-state index contributed by atoms with van der Waals surface area (Å²) in [6.07, 6.45) is 0.983. The summed E-state index contributed by atoms with van der Waals surface area (Å²) in [5, 5.41) is 3.07. The molecule has 0 spiro atoms. The molecule has 0 fully saturated rings. The second-order valence-electron chi connectivity index (χ2n) is 11.3. The normalized spacial score (nSPS) is 12.6. The third kappa shape index (κ3) is 8.83. The molecule has 2 atom stereocenters. The number of benzene rings is 4. The minimum atomic E-state index is -4.15. The maximum Gasteiger partial charge on any atom is 0.264 e. The van der Waals surface area contributed by atoms with Gasteiger partial charge in [0.25, 0.3) is 10.0 Å². The number of sulfonamides is 1. The number of anilines is 1. The Hall–Kier alpha value is -3.95. The number of rotatable bonds is 13. The molecule has 7 nitrogen and oxygen atoms in total. The van der Waals surface area contributed by atoms with E-state index in [0.29, 0.717) is 11.3 Å². The number of carbonyl (C=O) groups is 2. The van der Waals surface area contributed by atoms with Gasteiger partial charge in [0.2, 0.25) is 11.8 Å². The van der Waals surface area contributed by atoms with Crippen LogP contribution in [-0.4, -0.2) is 43.8 Å². The summed E-state index contributed by atoms with van der Waals surface area (Å²) in [7, 11) is -4.15. The monoisotopic (exact) mass is 689 g/mol. The van der Waals surface area contributed by atoms with Crippen molar-refractivity contribution in [1.29, 1.82) is 0 Å². The molecule has 0 heterocycles. The summed E-state index contributed by atoms with van der Waals surface area (Å²) in [6, 6.07) is 29.7. The van der Waals surface area contributed by atoms with Gasteiger partial charge in [-0.15, -0.1) is 0 Å². The number of nitrogens with zero attached hydrogens (tertiary/aromatic N) is 2. The fraction of sp³-hybridized carbons (Fsp3) is 0.278. The van der Waals surface area contributed by atoms with E-state index in [1.165, 1.54) is 21.3 Å². The van der Waals surface area contributed by atoms with Crippen molar-refractivity contribution in [3.63, 3.8) is 0 Å². The average Bonchev–Trinajstić information content (AvgIpc) is 3.03. The molecule has 45 heavy (non-hydrogen) atoms. The van der Waals surface area contributed by atoms with Crippen LogP contribution >= 0.6 is 15.9 Å². The molecule has 0 saturated carbocycles. The van der Waals surface area contributed by atoms with Crippen molar-refractivity contribution < 1.29 is 18.0 Å². The lowest BCUT2D eigenvalue weighted by atomic mass is 10.0. The van der Waals surface area contributed by atoms with Crippen LogP contribution in [0.15, 0.2) is 112 Å². The van der Waals surface area contributed by atoms with Crippen molar-refractivity contribution in [2.24, 2.45) is 0 Å². The first kappa shape index (κ1) is 33.9. The Kier molecular flexibility index (Phi) is 11.6. The van der Waals surface area contributed by atoms with E-state index in [1.54, 1.807) is 24.3 Å². The van der Waals surface area contributed by atoms with Gasteiger partial charge in [-0.2, -0.15) is 0 Å². The predicted octanol–water partition coefficient (Wildman–Crippen LogP) is 6.82. The zero-order valence-electron chi connectivity index (χ0n) is 26.1. The SMILES string of the molecule is CC[C@@H](C)NC(=O)[C@@H](Cc1ccccc1)N(Cc1cccc(Br)c1)C(=O)CN(c1cc(C)ccc1C)S(=O)(=O)c1ccccc1. The van der Waals surface area contributed by atoms with Crippen LogP contribution in [0.5, 0.6) is 0 Å². The van der Waals surface area contributed by atoms with E-state index in [-0.39, 0.29) is 29.8 Å². The summed E-state index contributed by atoms with van der Waals surface area (Å²) in [4.78, 5) is 30.2. The molecule has 0 aliphatic heterocycles. The fourth-order valence-electron chi connectivity index (χ4n) is 5.05. The molecular weight excluding hydrogens is 650 g/mol. The van der Waals surface area contributed by atoms with Crippen molar-refractivity contribution in [1.82, 2.24) is 10.2 Å². The molecule has 0 radical (unpaired) electrons. The van der Waals surface area contributed by atoms with Crippen molar-refractivity contribution in [3.8, 4) is 0 Å². The Bertz CT molecular complexity index is 1720. The topological polar surface area (TPSA) is 86.8 Å². The van der Waals surface area contributed by atoms with Crippen molar-refractivity contribution >= 4 is 43.5 Å². The van der Waals surface area contributed by atoms with Gasteiger partial charge in [0.15, 0.2) is 0 Å². The third-order valence-corrected chi connectivity index (χ3v) is 10.0. The first-order valence-corrected chi connectivity index (χ1v) is 17.3. The van der Waals surface area contributed by atoms with Crippen molar-refractivity contribution in [3.05, 3.63) is 130 Å². The van der Waals surface area contributed by atoms with Gasteiger partial charge in [-0.1, -0.05) is 95.7 Å². The summed E-state index contributed by atoms with van der Waals surface area (Å²) < 4.78 is 30.4. The number of hydrogen-bond acceptors (Lipinski definition) is 4. The van der Waals surface area contributed by atoms with Crippen LogP contribution in [-0.2, 0) is 32.6 Å². The molecule has 236 valence electrons. The van der Waals surface area contributed by atoms with Gasteiger partial charge in [-0.25, -0.2) is 8.42 Å². The number of amides is 2. The van der Waals surface area contributed by atoms with Gasteiger partial charge in [-0.3, -0.25) is 13.9 Å². The van der Waals surface area contributed by atoms with Crippen molar-refractivity contribution in [2.75, 3.05) is 10.8 Å². The van der Waals surface area contributed by atoms with Crippen LogP contribution in [0.2, 0.25) is 0 Å². The first-order valence-electron chi connectivity index (χ1n) is 15.0. The molecule has 4 rings (SSSR count). The molecule has 9 heteroatoms. The van der Waals surface area contributed by atoms with E-state index >= 15 is 0 Å². The summed E-state index contributed by atoms with van der Waals surface area (Å²) in [5.41, 5.74) is 3.67. The van der Waals surface area contributed by atoms with Crippen LogP contribution in [0.1, 0.15) is 42.5 Å². The highest BCUT2D eigenvalue weighted by molar-refractivity contribution is 9.10. The summed E-state index contributed by atoms with van der Waals surface area (Å²) in [5.74, 6) is -0.781. The molecule has 0 bridgehead atoms. The lowest BCUT2D eigenvalue weighted by Crippen LogP contribution is -2.54. The van der Waals surface area contributed by atoms with Gasteiger partial charge < -0.3 is 10.2 Å². The van der Waals surface area contributed by atoms with E-state index in [9.17, 15) is 18.0 Å². The van der Waals surface area contributed by atoms with Gasteiger partial charge in [0.05, 0.1) is 10.6 Å². The Morgan fingerprint density at radius 1 is 0.844 bits per heavy atom. The number of nitrogens with one attached hydrogen (secondary N) is 1. The molecule has 2 amide bonds. The van der Waals surface area contributed by atoms with Crippen LogP contribution in [0.4, 0.5) is 5.69 Å². The number of hydrogen-bond donors (Lipinski definition) is 1. The second-order valence-corrected chi connectivity index (χ2v) is 14.1. The minimum absolute atomic E-state index is 0.0765. The highest BCUT2D eigenvalue weighted by atomic mass is 79.9. The van der Waals surface area contributed by atoms with E-state index in [0.717, 1.165) is 27.6 Å². The van der Waals surface area contributed by atoms with Gasteiger partial charge in [0, 0.05) is 23.5 Å². The summed E-state index contributed by atoms with van der Waals surface area (Å²) in [6.45, 7) is 7.23. The molecule has 4 aromatic rings. The number of halogens is 1. The third-order valence-electron chi connectivity index (χ3n) is 7.76. The zero-order chi connectivity index (χ0) is 32.6. The molecule has 0 aliphatic rings. The van der Waals surface area contributed by atoms with Gasteiger partial charge >= 0.3 is 0 Å². The van der Waals surface area contributed by atoms with E-state index in [1.807, 2.05) is 94.4 Å². The van der Waals surface area contributed by atoms with Gasteiger partial charge in [0.1, 0.15) is 12.6 Å². The van der Waals surface area contributed by atoms with E-state index < -0.39 is 28.5 Å². The standard InChI is InChI=1S/C36H40BrN3O4S/c1-5-28(4)38-36(42)34(23-29-13-8-6-9-14-29)39(24-30-15-12-16-31(37)22-30)35(41)25-40(33-21-26(2)19-20-27(33)3)45(43,44)32-17-10-7-11-18-32/h6-22,28,34H,5,23-25H2,1-4H3,(H,38,42)/t28-,34-/m1/s1. The minimum Gasteiger partial charge on any atom is -0.352 e. The highest BCUT2D eigenvalue weighted by Gasteiger charge is 2.35. The zero-order valence-corrected chi connectivity index (χ0v) is 28.5. The Labute approximate surface area is 275 Å². The maximum atomic E-state index is 14.6. The van der Waals surface area contributed by atoms with Crippen LogP contribution < -0.4 is 9.62 Å². The largest absolute Gasteiger partial charge is 0.352 e. The Morgan fingerprint density at radius 2 is 1.49 bits per heavy atom. The molecule has 0 aromatic heterocycles. The molecule has 0 saturated heterocycles. The quantitative estimate of drug-likeness (QED) is 0.167. The Balaban J connectivity index is 1.83. The molecule has 0 unspecified atom stereocenters. The molecule has 4 aromatic carbocycles. The first-order chi connectivity index (χ1) is 21.5. The number of carbonyl (C=O) groups excluding carboxylic acids is 2. The number of aryl methyl sites for hydroxylation is 2. The van der Waals surface area contributed by atoms with E-state index in [2.05, 4.69) is 21.2 Å². The lowest BCUT2D eigenvalue weighted by Gasteiger charge is -2.34. The highest BCUT2D eigenvalue weighted by Crippen LogP contribution is 2.29. The lowest BCUT2D eigenvalue weighted by molar-refractivity contribution is -0.140. The smallest absolute Gasteiger partial charge is 0.264 e. The summed E-state index contributed by atoms with van der Waals surface area (Å²) >= 11 is 3.52. The molecular formula is C36H40BrN3O4S.